The monoisotopic (exact) mass is 415 g/mol. The maximum absolute atomic E-state index is 12.8. The first-order valence-corrected chi connectivity index (χ1v) is 9.42. The molecule has 1 N–H and O–H groups in total. The summed E-state index contributed by atoms with van der Waals surface area (Å²) >= 11 is 6.18. The predicted molar refractivity (Wildman–Crippen MR) is 111 cm³/mol. The number of aryl methyl sites for hydroxylation is 1. The molecule has 3 amide bonds. The van der Waals surface area contributed by atoms with Gasteiger partial charge in [0, 0.05) is 0 Å². The first-order valence-electron chi connectivity index (χ1n) is 9.04. The number of rotatable bonds is 7. The molecule has 7 nitrogen and oxygen atoms in total. The summed E-state index contributed by atoms with van der Waals surface area (Å²) in [5.41, 5.74) is 0.642. The number of imide groups is 1. The van der Waals surface area contributed by atoms with Crippen LogP contribution in [0.5, 0.6) is 11.5 Å². The number of hydrogen-bond donors (Lipinski definition) is 1. The quantitative estimate of drug-likeness (QED) is 0.553. The molecule has 1 saturated heterocycles. The first-order chi connectivity index (χ1) is 13.9. The first kappa shape index (κ1) is 20.7. The lowest BCUT2D eigenvalue weighted by molar-refractivity contribution is -0.130. The smallest absolute Gasteiger partial charge is 0.346 e. The molecule has 29 heavy (non-hydrogen) atoms. The van der Waals surface area contributed by atoms with Crippen molar-refractivity contribution in [1.29, 1.82) is 0 Å². The van der Waals surface area contributed by atoms with E-state index in [0.29, 0.717) is 34.9 Å². The Hall–Kier alpha value is -3.06. The highest BCUT2D eigenvalue weighted by atomic mass is 35.5. The Morgan fingerprint density at radius 1 is 1.17 bits per heavy atom. The summed E-state index contributed by atoms with van der Waals surface area (Å²) in [6, 6.07) is 12.5. The Bertz CT molecular complexity index is 948. The van der Waals surface area contributed by atoms with Crippen LogP contribution >= 0.6 is 11.6 Å². The average molecular weight is 416 g/mol. The molecule has 1 fully saturated rings. The van der Waals surface area contributed by atoms with Gasteiger partial charge in [-0.1, -0.05) is 41.9 Å². The fourth-order valence-electron chi connectivity index (χ4n) is 3.12. The number of nitrogens with zero attached hydrogens (tertiary/aromatic N) is 2. The van der Waals surface area contributed by atoms with E-state index in [1.54, 1.807) is 19.1 Å². The van der Waals surface area contributed by atoms with E-state index in [1.807, 2.05) is 30.3 Å². The van der Waals surface area contributed by atoms with Crippen molar-refractivity contribution in [2.24, 2.45) is 5.10 Å². The average Bonchev–Trinajstić information content (AvgIpc) is 2.93. The molecule has 0 saturated carbocycles. The number of urea groups is 1. The molecule has 0 unspecified atom stereocenters. The van der Waals surface area contributed by atoms with Crippen LogP contribution in [0.1, 0.15) is 24.5 Å². The van der Waals surface area contributed by atoms with E-state index in [0.717, 1.165) is 10.6 Å². The summed E-state index contributed by atoms with van der Waals surface area (Å²) in [6.45, 7) is 1.71. The molecule has 0 spiro atoms. The third kappa shape index (κ3) is 4.35. The third-order valence-corrected chi connectivity index (χ3v) is 5.06. The lowest BCUT2D eigenvalue weighted by Gasteiger charge is -2.20. The number of ether oxygens (including phenoxy) is 2. The largest absolute Gasteiger partial charge is 0.493 e. The molecule has 1 aliphatic rings. The van der Waals surface area contributed by atoms with Gasteiger partial charge >= 0.3 is 6.03 Å². The fraction of sp³-hybridized carbons (Fsp3) is 0.286. The van der Waals surface area contributed by atoms with Gasteiger partial charge < -0.3 is 14.8 Å². The van der Waals surface area contributed by atoms with Gasteiger partial charge in [0.2, 0.25) is 0 Å². The molecule has 1 heterocycles. The Morgan fingerprint density at radius 2 is 1.90 bits per heavy atom. The van der Waals surface area contributed by atoms with Gasteiger partial charge in [0.05, 0.1) is 25.5 Å². The molecule has 0 bridgehead atoms. The van der Waals surface area contributed by atoms with E-state index < -0.39 is 17.5 Å². The predicted octanol–water partition coefficient (Wildman–Crippen LogP) is 3.63. The topological polar surface area (TPSA) is 80.2 Å². The number of methoxy groups -OCH3 is 2. The lowest BCUT2D eigenvalue weighted by Crippen LogP contribution is -2.44. The summed E-state index contributed by atoms with van der Waals surface area (Å²) < 4.78 is 10.4. The number of carbonyl (C=O) groups is 2. The number of hydrogen-bond acceptors (Lipinski definition) is 5. The van der Waals surface area contributed by atoms with Crippen LogP contribution in [0.3, 0.4) is 0 Å². The van der Waals surface area contributed by atoms with Crippen molar-refractivity contribution in [3.8, 4) is 11.5 Å². The van der Waals surface area contributed by atoms with Gasteiger partial charge in [-0.15, -0.1) is 5.01 Å². The number of amides is 3. The van der Waals surface area contributed by atoms with Gasteiger partial charge in [0.15, 0.2) is 11.5 Å². The normalized spacial score (nSPS) is 19.0. The molecular weight excluding hydrogens is 394 g/mol. The van der Waals surface area contributed by atoms with Crippen LogP contribution in [-0.2, 0) is 11.2 Å². The van der Waals surface area contributed by atoms with Crippen molar-refractivity contribution in [2.45, 2.75) is 25.3 Å². The maximum Gasteiger partial charge on any atom is 0.346 e. The van der Waals surface area contributed by atoms with Gasteiger partial charge in [-0.05, 0) is 43.0 Å². The van der Waals surface area contributed by atoms with Crippen LogP contribution in [-0.4, -0.2) is 42.9 Å². The molecule has 0 aromatic heterocycles. The number of carbonyl (C=O) groups excluding carboxylic acids is 2. The summed E-state index contributed by atoms with van der Waals surface area (Å²) in [5, 5.41) is 7.99. The highest BCUT2D eigenvalue weighted by Crippen LogP contribution is 2.35. The van der Waals surface area contributed by atoms with Crippen LogP contribution in [0.2, 0.25) is 5.02 Å². The summed E-state index contributed by atoms with van der Waals surface area (Å²) in [5.74, 6) is 0.419. The van der Waals surface area contributed by atoms with Crippen LogP contribution < -0.4 is 14.8 Å². The Morgan fingerprint density at radius 3 is 2.55 bits per heavy atom. The minimum Gasteiger partial charge on any atom is -0.493 e. The second-order valence-electron chi connectivity index (χ2n) is 6.85. The Kier molecular flexibility index (Phi) is 6.08. The number of benzene rings is 2. The van der Waals surface area contributed by atoms with Gasteiger partial charge in [-0.2, -0.15) is 5.10 Å². The van der Waals surface area contributed by atoms with Gasteiger partial charge in [0.25, 0.3) is 5.91 Å². The molecule has 0 radical (unpaired) electrons. The zero-order valence-corrected chi connectivity index (χ0v) is 17.2. The standard InChI is InChI=1S/C21H22ClN3O4/c1-21(10-9-14-7-5-4-6-8-14)19(26)25(20(27)24-21)23-13-15-11-16(22)18(29-3)17(12-15)28-2/h4-8,11-13H,9-10H2,1-3H3,(H,24,27)/b23-13-/t21-/m1/s1. The van der Waals surface area contributed by atoms with Gasteiger partial charge in [0.1, 0.15) is 5.54 Å². The van der Waals surface area contributed by atoms with Gasteiger partial charge in [-0.25, -0.2) is 4.79 Å². The van der Waals surface area contributed by atoms with Crippen molar-refractivity contribution >= 4 is 29.8 Å². The van der Waals surface area contributed by atoms with E-state index in [-0.39, 0.29) is 0 Å². The van der Waals surface area contributed by atoms with E-state index >= 15 is 0 Å². The molecule has 2 aromatic rings. The zero-order valence-electron chi connectivity index (χ0n) is 16.4. The summed E-state index contributed by atoms with van der Waals surface area (Å²) in [6.07, 6.45) is 2.51. The van der Waals surface area contributed by atoms with Crippen molar-refractivity contribution < 1.29 is 19.1 Å². The highest BCUT2D eigenvalue weighted by Gasteiger charge is 2.47. The maximum atomic E-state index is 12.8. The van der Waals surface area contributed by atoms with Crippen LogP contribution in [0.25, 0.3) is 0 Å². The number of nitrogens with one attached hydrogen (secondary N) is 1. The minimum absolute atomic E-state index is 0.332. The van der Waals surface area contributed by atoms with Crippen molar-refractivity contribution in [2.75, 3.05) is 14.2 Å². The third-order valence-electron chi connectivity index (χ3n) is 4.77. The second kappa shape index (κ2) is 8.53. The van der Waals surface area contributed by atoms with Crippen molar-refractivity contribution in [1.82, 2.24) is 10.3 Å². The Balaban J connectivity index is 1.75. The molecule has 152 valence electrons. The lowest BCUT2D eigenvalue weighted by atomic mass is 9.93. The molecule has 1 atom stereocenters. The summed E-state index contributed by atoms with van der Waals surface area (Å²) in [4.78, 5) is 25.2. The molecule has 8 heteroatoms. The summed E-state index contributed by atoms with van der Waals surface area (Å²) in [7, 11) is 2.98. The number of halogens is 1. The highest BCUT2D eigenvalue weighted by molar-refractivity contribution is 6.32. The second-order valence-corrected chi connectivity index (χ2v) is 7.25. The molecule has 3 rings (SSSR count). The van der Waals surface area contributed by atoms with Crippen molar-refractivity contribution in [3.63, 3.8) is 0 Å². The van der Waals surface area contributed by atoms with Crippen molar-refractivity contribution in [3.05, 3.63) is 58.6 Å². The SMILES string of the molecule is COc1cc(/C=N\N2C(=O)N[C@](C)(CCc3ccccc3)C2=O)cc(Cl)c1OC. The van der Waals surface area contributed by atoms with Crippen LogP contribution in [0.15, 0.2) is 47.6 Å². The minimum atomic E-state index is -1.01. The molecule has 1 aliphatic heterocycles. The van der Waals surface area contributed by atoms with Crippen LogP contribution in [0, 0.1) is 0 Å². The van der Waals surface area contributed by atoms with E-state index in [2.05, 4.69) is 10.4 Å². The Labute approximate surface area is 174 Å². The zero-order chi connectivity index (χ0) is 21.0. The van der Waals surface area contributed by atoms with Gasteiger partial charge in [-0.3, -0.25) is 4.79 Å². The van der Waals surface area contributed by atoms with Crippen LogP contribution in [0.4, 0.5) is 4.79 Å². The van der Waals surface area contributed by atoms with E-state index in [4.69, 9.17) is 21.1 Å². The molecular formula is C21H22ClN3O4. The molecule has 0 aliphatic carbocycles. The van der Waals surface area contributed by atoms with E-state index in [9.17, 15) is 9.59 Å². The fourth-order valence-corrected chi connectivity index (χ4v) is 3.41. The number of hydrazone groups is 1. The molecule has 2 aromatic carbocycles. The van der Waals surface area contributed by atoms with E-state index in [1.165, 1.54) is 20.4 Å².